The maximum atomic E-state index is 12.0. The lowest BCUT2D eigenvalue weighted by atomic mass is 10.1. The first-order valence-corrected chi connectivity index (χ1v) is 5.09. The second-order valence-electron chi connectivity index (χ2n) is 3.10. The molecule has 92 valence electrons. The first-order valence-electron chi connectivity index (χ1n) is 4.30. The Morgan fingerprint density at radius 1 is 1.41 bits per heavy atom. The van der Waals surface area contributed by atoms with E-state index in [-0.39, 0.29) is 15.6 Å². The van der Waals surface area contributed by atoms with Crippen molar-refractivity contribution in [2.45, 2.75) is 13.3 Å². The van der Waals surface area contributed by atoms with E-state index in [2.05, 4.69) is 20.7 Å². The first kappa shape index (κ1) is 13.7. The molecule has 0 aromatic heterocycles. The van der Waals surface area contributed by atoms with Gasteiger partial charge in [-0.15, -0.1) is 13.2 Å². The summed E-state index contributed by atoms with van der Waals surface area (Å²) >= 11 is 2.97. The van der Waals surface area contributed by atoms with E-state index in [0.29, 0.717) is 6.29 Å². The Bertz CT molecular complexity index is 469. The van der Waals surface area contributed by atoms with Crippen LogP contribution in [0.1, 0.15) is 27.6 Å². The zero-order valence-electron chi connectivity index (χ0n) is 8.47. The third-order valence-corrected chi connectivity index (χ3v) is 2.70. The van der Waals surface area contributed by atoms with Crippen LogP contribution in [-0.4, -0.2) is 18.4 Å². The summed E-state index contributed by atoms with van der Waals surface area (Å²) in [6, 6.07) is 1.82. The standard InChI is InChI=1S/C10H6BrF3O3/c1-5(16)8-3-7(17-10(12,13)14)2-6(4-15)9(8)11/h2-4H,1H3. The Morgan fingerprint density at radius 3 is 2.41 bits per heavy atom. The minimum atomic E-state index is -4.87. The molecule has 0 radical (unpaired) electrons. The van der Waals surface area contributed by atoms with Crippen molar-refractivity contribution in [3.8, 4) is 5.75 Å². The minimum absolute atomic E-state index is 0.0474. The third-order valence-electron chi connectivity index (χ3n) is 1.81. The Hall–Kier alpha value is -1.37. The maximum absolute atomic E-state index is 12.0. The van der Waals surface area contributed by atoms with Gasteiger partial charge in [0.2, 0.25) is 0 Å². The Balaban J connectivity index is 3.30. The van der Waals surface area contributed by atoms with Crippen molar-refractivity contribution in [2.24, 2.45) is 0 Å². The molecule has 17 heavy (non-hydrogen) atoms. The molecule has 1 rings (SSSR count). The number of hydrogen-bond acceptors (Lipinski definition) is 3. The molecular weight excluding hydrogens is 305 g/mol. The van der Waals surface area contributed by atoms with Crippen LogP contribution in [0.15, 0.2) is 16.6 Å². The van der Waals surface area contributed by atoms with Gasteiger partial charge in [-0.2, -0.15) is 0 Å². The van der Waals surface area contributed by atoms with E-state index in [4.69, 9.17) is 0 Å². The molecule has 0 aliphatic carbocycles. The second-order valence-corrected chi connectivity index (χ2v) is 3.89. The van der Waals surface area contributed by atoms with E-state index in [1.165, 1.54) is 6.92 Å². The van der Waals surface area contributed by atoms with Gasteiger partial charge in [0.05, 0.1) is 0 Å². The first-order chi connectivity index (χ1) is 7.74. The molecule has 0 N–H and O–H groups in total. The van der Waals surface area contributed by atoms with Gasteiger partial charge in [0, 0.05) is 15.6 Å². The molecule has 1 aromatic rings. The molecule has 0 unspecified atom stereocenters. The summed E-state index contributed by atoms with van der Waals surface area (Å²) in [4.78, 5) is 21.8. The van der Waals surface area contributed by atoms with Gasteiger partial charge in [0.15, 0.2) is 12.1 Å². The maximum Gasteiger partial charge on any atom is 0.573 e. The Kier molecular flexibility index (Phi) is 3.92. The van der Waals surface area contributed by atoms with E-state index in [0.717, 1.165) is 12.1 Å². The highest BCUT2D eigenvalue weighted by molar-refractivity contribution is 9.10. The second kappa shape index (κ2) is 4.87. The van der Waals surface area contributed by atoms with E-state index in [9.17, 15) is 22.8 Å². The molecule has 0 fully saturated rings. The highest BCUT2D eigenvalue weighted by atomic mass is 79.9. The van der Waals surface area contributed by atoms with Crippen molar-refractivity contribution >= 4 is 28.0 Å². The number of rotatable bonds is 3. The van der Waals surface area contributed by atoms with Crippen LogP contribution in [0.5, 0.6) is 5.75 Å². The van der Waals surface area contributed by atoms with Crippen LogP contribution >= 0.6 is 15.9 Å². The number of benzene rings is 1. The van der Waals surface area contributed by atoms with Crippen molar-refractivity contribution < 1.29 is 27.5 Å². The molecule has 0 amide bonds. The number of aldehydes is 1. The summed E-state index contributed by atoms with van der Waals surface area (Å²) in [6.07, 6.45) is -4.54. The van der Waals surface area contributed by atoms with Gasteiger partial charge in [-0.25, -0.2) is 0 Å². The average molecular weight is 311 g/mol. The SMILES string of the molecule is CC(=O)c1cc(OC(F)(F)F)cc(C=O)c1Br. The lowest BCUT2D eigenvalue weighted by Gasteiger charge is -2.11. The Labute approximate surface area is 103 Å². The third kappa shape index (κ3) is 3.55. The van der Waals surface area contributed by atoms with Crippen LogP contribution in [0, 0.1) is 0 Å². The van der Waals surface area contributed by atoms with Crippen molar-refractivity contribution in [2.75, 3.05) is 0 Å². The van der Waals surface area contributed by atoms with Crippen LogP contribution in [0.2, 0.25) is 0 Å². The number of hydrogen-bond donors (Lipinski definition) is 0. The predicted octanol–water partition coefficient (Wildman–Crippen LogP) is 3.36. The van der Waals surface area contributed by atoms with Crippen LogP contribution in [0.25, 0.3) is 0 Å². The molecule has 0 atom stereocenters. The van der Waals surface area contributed by atoms with Crippen LogP contribution in [-0.2, 0) is 0 Å². The fourth-order valence-corrected chi connectivity index (χ4v) is 1.76. The quantitative estimate of drug-likeness (QED) is 0.635. The van der Waals surface area contributed by atoms with Crippen LogP contribution in [0.4, 0.5) is 13.2 Å². The van der Waals surface area contributed by atoms with Gasteiger partial charge in [0.1, 0.15) is 5.75 Å². The number of ketones is 1. The molecular formula is C10H6BrF3O3. The largest absolute Gasteiger partial charge is 0.573 e. The summed E-state index contributed by atoms with van der Waals surface area (Å²) in [7, 11) is 0. The van der Waals surface area contributed by atoms with Crippen LogP contribution < -0.4 is 4.74 Å². The lowest BCUT2D eigenvalue weighted by molar-refractivity contribution is -0.274. The highest BCUT2D eigenvalue weighted by Crippen LogP contribution is 2.30. The summed E-state index contributed by atoms with van der Waals surface area (Å²) in [5.74, 6) is -1.08. The van der Waals surface area contributed by atoms with Crippen molar-refractivity contribution in [3.05, 3.63) is 27.7 Å². The number of halogens is 4. The van der Waals surface area contributed by atoms with Crippen molar-refractivity contribution in [1.82, 2.24) is 0 Å². The fraction of sp³-hybridized carbons (Fsp3) is 0.200. The van der Waals surface area contributed by atoms with Gasteiger partial charge in [0.25, 0.3) is 0 Å². The highest BCUT2D eigenvalue weighted by Gasteiger charge is 2.31. The van der Waals surface area contributed by atoms with Gasteiger partial charge in [-0.1, -0.05) is 0 Å². The minimum Gasteiger partial charge on any atom is -0.406 e. The number of ether oxygens (including phenoxy) is 1. The van der Waals surface area contributed by atoms with Crippen LogP contribution in [0.3, 0.4) is 0 Å². The monoisotopic (exact) mass is 310 g/mol. The van der Waals surface area contributed by atoms with Gasteiger partial charge < -0.3 is 4.74 Å². The van der Waals surface area contributed by atoms with Gasteiger partial charge in [-0.3, -0.25) is 9.59 Å². The van der Waals surface area contributed by atoms with Gasteiger partial charge >= 0.3 is 6.36 Å². The van der Waals surface area contributed by atoms with Crippen molar-refractivity contribution in [1.29, 1.82) is 0 Å². The smallest absolute Gasteiger partial charge is 0.406 e. The van der Waals surface area contributed by atoms with Gasteiger partial charge in [-0.05, 0) is 35.0 Å². The normalized spacial score (nSPS) is 11.1. The van der Waals surface area contributed by atoms with E-state index < -0.39 is 17.9 Å². The molecule has 0 spiro atoms. The molecule has 1 aromatic carbocycles. The molecule has 0 saturated carbocycles. The number of alkyl halides is 3. The molecule has 0 saturated heterocycles. The summed E-state index contributed by atoms with van der Waals surface area (Å²) in [5, 5.41) is 0. The number of carbonyl (C=O) groups is 2. The summed E-state index contributed by atoms with van der Waals surface area (Å²) in [6.45, 7) is 1.17. The lowest BCUT2D eigenvalue weighted by Crippen LogP contribution is -2.17. The fourth-order valence-electron chi connectivity index (χ4n) is 1.15. The number of Topliss-reactive ketones (excluding diaryl/α,β-unsaturated/α-hetero) is 1. The molecule has 0 bridgehead atoms. The Morgan fingerprint density at radius 2 is 2.00 bits per heavy atom. The molecule has 7 heteroatoms. The molecule has 3 nitrogen and oxygen atoms in total. The molecule has 0 aliphatic heterocycles. The zero-order chi connectivity index (χ0) is 13.2. The number of carbonyl (C=O) groups excluding carboxylic acids is 2. The average Bonchev–Trinajstić information content (AvgIpc) is 2.17. The van der Waals surface area contributed by atoms with E-state index in [1.54, 1.807) is 0 Å². The molecule has 0 aliphatic rings. The van der Waals surface area contributed by atoms with E-state index >= 15 is 0 Å². The summed E-state index contributed by atoms with van der Waals surface area (Å²) in [5.41, 5.74) is -0.134. The summed E-state index contributed by atoms with van der Waals surface area (Å²) < 4.78 is 39.8. The topological polar surface area (TPSA) is 43.4 Å². The van der Waals surface area contributed by atoms with E-state index in [1.807, 2.05) is 0 Å². The zero-order valence-corrected chi connectivity index (χ0v) is 10.1. The predicted molar refractivity (Wildman–Crippen MR) is 56.2 cm³/mol. The molecule has 0 heterocycles. The van der Waals surface area contributed by atoms with Crippen molar-refractivity contribution in [3.63, 3.8) is 0 Å².